The summed E-state index contributed by atoms with van der Waals surface area (Å²) >= 11 is 0. The third-order valence-electron chi connectivity index (χ3n) is 2.71. The van der Waals surface area contributed by atoms with Crippen LogP contribution in [0.5, 0.6) is 0 Å². The molecule has 5 nitrogen and oxygen atoms in total. The molecule has 1 aromatic carbocycles. The SMILES string of the molecule is CC(C)(CCC(=O)O)NC(=O)c1cccc(F)c1N. The molecule has 0 saturated carbocycles. The number of carboxylic acids is 1. The number of rotatable bonds is 5. The van der Waals surface area contributed by atoms with Crippen LogP contribution in [0.1, 0.15) is 37.0 Å². The maximum Gasteiger partial charge on any atom is 0.303 e. The van der Waals surface area contributed by atoms with Crippen molar-refractivity contribution in [1.82, 2.24) is 5.32 Å². The number of halogens is 1. The van der Waals surface area contributed by atoms with Gasteiger partial charge in [0.25, 0.3) is 5.91 Å². The number of carbonyl (C=O) groups excluding carboxylic acids is 1. The van der Waals surface area contributed by atoms with Crippen LogP contribution in [0.25, 0.3) is 0 Å². The number of nitrogens with two attached hydrogens (primary N) is 1. The number of hydrogen-bond donors (Lipinski definition) is 3. The summed E-state index contributed by atoms with van der Waals surface area (Å²) < 4.78 is 13.2. The van der Waals surface area contributed by atoms with Gasteiger partial charge in [-0.3, -0.25) is 9.59 Å². The van der Waals surface area contributed by atoms with Gasteiger partial charge < -0.3 is 16.2 Å². The Bertz CT molecular complexity index is 501. The first kappa shape index (κ1) is 14.9. The van der Waals surface area contributed by atoms with E-state index >= 15 is 0 Å². The van der Waals surface area contributed by atoms with Crippen molar-refractivity contribution in [3.8, 4) is 0 Å². The fourth-order valence-corrected chi connectivity index (χ4v) is 1.59. The Balaban J connectivity index is 2.79. The standard InChI is InChI=1S/C13H17FN2O3/c1-13(2,7-6-10(17)18)16-12(19)8-4-3-5-9(14)11(8)15/h3-5H,6-7,15H2,1-2H3,(H,16,19)(H,17,18). The Morgan fingerprint density at radius 1 is 1.42 bits per heavy atom. The van der Waals surface area contributed by atoms with Crippen molar-refractivity contribution >= 4 is 17.6 Å². The first-order valence-electron chi connectivity index (χ1n) is 5.81. The number of amides is 1. The van der Waals surface area contributed by atoms with E-state index in [0.29, 0.717) is 0 Å². The van der Waals surface area contributed by atoms with Gasteiger partial charge in [0.15, 0.2) is 0 Å². The van der Waals surface area contributed by atoms with Crippen LogP contribution >= 0.6 is 0 Å². The highest BCUT2D eigenvalue weighted by Gasteiger charge is 2.23. The molecule has 0 bridgehead atoms. The average molecular weight is 268 g/mol. The van der Waals surface area contributed by atoms with E-state index in [4.69, 9.17) is 10.8 Å². The van der Waals surface area contributed by atoms with Crippen LogP contribution in [0.2, 0.25) is 0 Å². The predicted molar refractivity (Wildman–Crippen MR) is 69.2 cm³/mol. The van der Waals surface area contributed by atoms with Gasteiger partial charge in [-0.1, -0.05) is 6.07 Å². The number of benzene rings is 1. The summed E-state index contributed by atoms with van der Waals surface area (Å²) in [6, 6.07) is 3.98. The molecule has 1 aromatic rings. The second kappa shape index (κ2) is 5.69. The first-order valence-corrected chi connectivity index (χ1v) is 5.81. The minimum absolute atomic E-state index is 0.0448. The normalized spacial score (nSPS) is 11.1. The highest BCUT2D eigenvalue weighted by Crippen LogP contribution is 2.18. The van der Waals surface area contributed by atoms with E-state index in [9.17, 15) is 14.0 Å². The molecule has 0 fully saturated rings. The van der Waals surface area contributed by atoms with E-state index in [-0.39, 0.29) is 24.1 Å². The summed E-state index contributed by atoms with van der Waals surface area (Å²) in [6.45, 7) is 3.40. The summed E-state index contributed by atoms with van der Waals surface area (Å²) in [5.74, 6) is -2.11. The minimum Gasteiger partial charge on any atom is -0.481 e. The van der Waals surface area contributed by atoms with E-state index in [1.54, 1.807) is 13.8 Å². The Kier molecular flexibility index (Phi) is 4.47. The van der Waals surface area contributed by atoms with Crippen molar-refractivity contribution in [1.29, 1.82) is 0 Å². The van der Waals surface area contributed by atoms with Crippen LogP contribution in [-0.2, 0) is 4.79 Å². The molecular formula is C13H17FN2O3. The monoisotopic (exact) mass is 268 g/mol. The van der Waals surface area contributed by atoms with E-state index in [1.165, 1.54) is 18.2 Å². The van der Waals surface area contributed by atoms with Crippen molar-refractivity contribution in [2.24, 2.45) is 0 Å². The van der Waals surface area contributed by atoms with Gasteiger partial charge in [-0.15, -0.1) is 0 Å². The average Bonchev–Trinajstić information content (AvgIpc) is 2.29. The molecule has 0 spiro atoms. The van der Waals surface area contributed by atoms with E-state index < -0.39 is 23.2 Å². The van der Waals surface area contributed by atoms with Crippen molar-refractivity contribution in [2.45, 2.75) is 32.2 Å². The number of carboxylic acid groups (broad SMARTS) is 1. The lowest BCUT2D eigenvalue weighted by atomic mass is 9.97. The lowest BCUT2D eigenvalue weighted by molar-refractivity contribution is -0.137. The largest absolute Gasteiger partial charge is 0.481 e. The van der Waals surface area contributed by atoms with E-state index in [2.05, 4.69) is 5.32 Å². The quantitative estimate of drug-likeness (QED) is 0.710. The Morgan fingerprint density at radius 3 is 2.63 bits per heavy atom. The molecule has 0 aliphatic heterocycles. The Hall–Kier alpha value is -2.11. The summed E-state index contributed by atoms with van der Waals surface area (Å²) in [4.78, 5) is 22.5. The van der Waals surface area contributed by atoms with Crippen molar-refractivity contribution in [3.63, 3.8) is 0 Å². The number of nitrogens with one attached hydrogen (secondary N) is 1. The number of hydrogen-bond acceptors (Lipinski definition) is 3. The van der Waals surface area contributed by atoms with Crippen LogP contribution in [-0.4, -0.2) is 22.5 Å². The fourth-order valence-electron chi connectivity index (χ4n) is 1.59. The number of nitrogen functional groups attached to an aromatic ring is 1. The molecule has 0 saturated heterocycles. The lowest BCUT2D eigenvalue weighted by Crippen LogP contribution is -2.44. The van der Waals surface area contributed by atoms with Crippen LogP contribution < -0.4 is 11.1 Å². The third kappa shape index (κ3) is 4.24. The molecule has 0 heterocycles. The zero-order valence-electron chi connectivity index (χ0n) is 10.9. The molecule has 0 aliphatic rings. The van der Waals surface area contributed by atoms with E-state index in [1.807, 2.05) is 0 Å². The molecule has 0 radical (unpaired) electrons. The summed E-state index contributed by atoms with van der Waals surface area (Å²) in [6.07, 6.45) is 0.204. The van der Waals surface area contributed by atoms with Crippen molar-refractivity contribution in [2.75, 3.05) is 5.73 Å². The van der Waals surface area contributed by atoms with Gasteiger partial charge >= 0.3 is 5.97 Å². The van der Waals surface area contributed by atoms with Gasteiger partial charge in [-0.25, -0.2) is 4.39 Å². The third-order valence-corrected chi connectivity index (χ3v) is 2.71. The minimum atomic E-state index is -0.937. The molecule has 0 unspecified atom stereocenters. The van der Waals surface area contributed by atoms with E-state index in [0.717, 1.165) is 0 Å². The summed E-state index contributed by atoms with van der Waals surface area (Å²) in [5, 5.41) is 11.3. The molecular weight excluding hydrogens is 251 g/mol. The molecule has 0 atom stereocenters. The van der Waals surface area contributed by atoms with Gasteiger partial charge in [-0.2, -0.15) is 0 Å². The molecule has 104 valence electrons. The van der Waals surface area contributed by atoms with Crippen molar-refractivity contribution < 1.29 is 19.1 Å². The zero-order valence-corrected chi connectivity index (χ0v) is 10.9. The zero-order chi connectivity index (χ0) is 14.6. The second-order valence-electron chi connectivity index (χ2n) is 4.93. The second-order valence-corrected chi connectivity index (χ2v) is 4.93. The summed E-state index contributed by atoms with van der Waals surface area (Å²) in [5.41, 5.74) is 4.61. The maximum atomic E-state index is 13.2. The van der Waals surface area contributed by atoms with Gasteiger partial charge in [0.2, 0.25) is 0 Å². The smallest absolute Gasteiger partial charge is 0.303 e. The molecule has 19 heavy (non-hydrogen) atoms. The highest BCUT2D eigenvalue weighted by molar-refractivity contribution is 5.99. The Morgan fingerprint density at radius 2 is 2.05 bits per heavy atom. The molecule has 1 rings (SSSR count). The van der Waals surface area contributed by atoms with Crippen LogP contribution in [0.15, 0.2) is 18.2 Å². The number of aliphatic carboxylic acids is 1. The van der Waals surface area contributed by atoms with Gasteiger partial charge in [0, 0.05) is 12.0 Å². The Labute approximate surface area is 110 Å². The topological polar surface area (TPSA) is 92.4 Å². The van der Waals surface area contributed by atoms with Crippen molar-refractivity contribution in [3.05, 3.63) is 29.6 Å². The van der Waals surface area contributed by atoms with Gasteiger partial charge in [0.1, 0.15) is 5.82 Å². The van der Waals surface area contributed by atoms with Gasteiger partial charge in [-0.05, 0) is 32.4 Å². The first-order chi connectivity index (χ1) is 8.73. The highest BCUT2D eigenvalue weighted by atomic mass is 19.1. The molecule has 0 aromatic heterocycles. The number of carbonyl (C=O) groups is 2. The molecule has 0 aliphatic carbocycles. The van der Waals surface area contributed by atoms with Crippen LogP contribution in [0, 0.1) is 5.82 Å². The number of para-hydroxylation sites is 1. The van der Waals surface area contributed by atoms with Crippen LogP contribution in [0.3, 0.4) is 0 Å². The molecule has 6 heteroatoms. The predicted octanol–water partition coefficient (Wildman–Crippen LogP) is 1.78. The van der Waals surface area contributed by atoms with Crippen LogP contribution in [0.4, 0.5) is 10.1 Å². The maximum absolute atomic E-state index is 13.2. The molecule has 1 amide bonds. The fraction of sp³-hybridized carbons (Fsp3) is 0.385. The summed E-state index contributed by atoms with van der Waals surface area (Å²) in [7, 11) is 0. The molecule has 4 N–H and O–H groups in total. The number of anilines is 1. The lowest BCUT2D eigenvalue weighted by Gasteiger charge is -2.26. The van der Waals surface area contributed by atoms with Gasteiger partial charge in [0.05, 0.1) is 11.3 Å².